The van der Waals surface area contributed by atoms with Gasteiger partial charge >= 0.3 is 7.82 Å². The molecule has 2 aliphatic heterocycles. The van der Waals surface area contributed by atoms with Crippen molar-refractivity contribution >= 4 is 24.9 Å². The monoisotopic (exact) mass is 448 g/mol. The van der Waals surface area contributed by atoms with Crippen LogP contribution in [-0.2, 0) is 22.9 Å². The topological polar surface area (TPSA) is 133 Å². The summed E-state index contributed by atoms with van der Waals surface area (Å²) in [6.45, 7) is 6.96. The third kappa shape index (κ3) is 3.30. The Kier molecular flexibility index (Phi) is 4.94. The summed E-state index contributed by atoms with van der Waals surface area (Å²) in [5.74, 6) is -2.87. The number of ether oxygens (including phenoxy) is 2. The summed E-state index contributed by atoms with van der Waals surface area (Å²) < 4.78 is 71.0. The summed E-state index contributed by atoms with van der Waals surface area (Å²) >= 11 is 0. The van der Waals surface area contributed by atoms with Gasteiger partial charge in [-0.1, -0.05) is 0 Å². The van der Waals surface area contributed by atoms with Crippen LogP contribution in [0.2, 0.25) is 0 Å². The lowest BCUT2D eigenvalue weighted by molar-refractivity contribution is -0.220. The molecule has 4 rings (SSSR count). The van der Waals surface area contributed by atoms with Crippen LogP contribution in [0.5, 0.6) is 5.88 Å². The van der Waals surface area contributed by atoms with Crippen molar-refractivity contribution in [2.75, 3.05) is 18.9 Å². The van der Waals surface area contributed by atoms with Crippen molar-refractivity contribution < 1.29 is 36.4 Å². The van der Waals surface area contributed by atoms with Crippen LogP contribution in [-0.4, -0.2) is 56.5 Å². The summed E-state index contributed by atoms with van der Waals surface area (Å²) in [6, 6.07) is 0. The van der Waals surface area contributed by atoms with E-state index in [-0.39, 0.29) is 29.6 Å². The first-order valence-electron chi connectivity index (χ1n) is 9.08. The Balaban J connectivity index is 1.74. The predicted molar refractivity (Wildman–Crippen MR) is 98.7 cm³/mol. The average molecular weight is 448 g/mol. The molecule has 5 atom stereocenters. The molecule has 0 aliphatic carbocycles. The number of hydrogen-bond acceptors (Lipinski definition) is 10. The van der Waals surface area contributed by atoms with E-state index in [0.717, 1.165) is 11.5 Å². The predicted octanol–water partition coefficient (Wildman–Crippen LogP) is 2.49. The first-order chi connectivity index (χ1) is 14.0. The summed E-state index contributed by atoms with van der Waals surface area (Å²) in [5.41, 5.74) is 3.38. The lowest BCUT2D eigenvalue weighted by Crippen LogP contribution is -2.51. The van der Waals surface area contributed by atoms with Crippen molar-refractivity contribution in [3.05, 3.63) is 13.3 Å². The highest BCUT2D eigenvalue weighted by molar-refractivity contribution is 7.48. The molecular formula is C16H21F2N5O6P+. The van der Waals surface area contributed by atoms with E-state index in [9.17, 15) is 4.57 Å². The minimum absolute atomic E-state index is 0.0329. The SMILES string of the molecule is [CH2+]COc1nc(N)nc2c1ncn2[C@@H]1O[C@]2(F)CO[P@](=O)(OC(C)C)O[C@H]2[C@@]1(C)F. The summed E-state index contributed by atoms with van der Waals surface area (Å²) in [6.07, 6.45) is -2.88. The van der Waals surface area contributed by atoms with Gasteiger partial charge in [-0.15, -0.1) is 0 Å². The smallest absolute Gasteiger partial charge is 0.434 e. The molecule has 0 amide bonds. The minimum Gasteiger partial charge on any atom is -0.434 e. The molecule has 2 fully saturated rings. The van der Waals surface area contributed by atoms with Gasteiger partial charge in [-0.25, -0.2) is 18.3 Å². The second kappa shape index (κ2) is 6.99. The maximum atomic E-state index is 15.9. The lowest BCUT2D eigenvalue weighted by Gasteiger charge is -2.36. The molecule has 4 heterocycles. The number of alkyl halides is 2. The standard InChI is InChI=1S/C16H21F2N5O6P/c1-5-25-11-9-10(21-14(19)22-11)23(7-20-9)13-15(4,17)12-16(18,27-13)6-26-30(24,29-12)28-8(2)3/h7-8,12-13H,1,5-6H2,2-4H3,(H2,19,21,22)/q+1/t12-,13+,15+,16+,30+/m0/s1. The average Bonchev–Trinajstić information content (AvgIpc) is 3.13. The first-order valence-corrected chi connectivity index (χ1v) is 10.5. The van der Waals surface area contributed by atoms with Crippen LogP contribution in [0, 0.1) is 6.92 Å². The largest absolute Gasteiger partial charge is 0.475 e. The van der Waals surface area contributed by atoms with Crippen LogP contribution in [0.15, 0.2) is 6.33 Å². The molecule has 14 heteroatoms. The van der Waals surface area contributed by atoms with Crippen LogP contribution >= 0.6 is 7.82 Å². The molecule has 2 N–H and O–H groups in total. The lowest BCUT2D eigenvalue weighted by atomic mass is 9.97. The number of hydrogen-bond donors (Lipinski definition) is 1. The summed E-state index contributed by atoms with van der Waals surface area (Å²) in [4.78, 5) is 12.1. The Hall–Kier alpha value is -2.05. The van der Waals surface area contributed by atoms with Crippen LogP contribution in [0.3, 0.4) is 0 Å². The molecule has 0 aromatic carbocycles. The van der Waals surface area contributed by atoms with Gasteiger partial charge in [-0.3, -0.25) is 18.1 Å². The van der Waals surface area contributed by atoms with Gasteiger partial charge in [-0.2, -0.15) is 9.97 Å². The Labute approximate surface area is 170 Å². The van der Waals surface area contributed by atoms with E-state index in [1.165, 1.54) is 6.33 Å². The molecule has 0 radical (unpaired) electrons. The Morgan fingerprint density at radius 1 is 1.47 bits per heavy atom. The van der Waals surface area contributed by atoms with E-state index in [1.54, 1.807) is 13.8 Å². The number of nitrogens with two attached hydrogens (primary N) is 1. The van der Waals surface area contributed by atoms with E-state index in [2.05, 4.69) is 21.9 Å². The number of nitrogens with zero attached hydrogens (tertiary/aromatic N) is 4. The number of imidazole rings is 1. The van der Waals surface area contributed by atoms with Gasteiger partial charge in [0.2, 0.25) is 12.6 Å². The number of phosphoric acid groups is 1. The van der Waals surface area contributed by atoms with Crippen molar-refractivity contribution in [1.82, 2.24) is 19.5 Å². The van der Waals surface area contributed by atoms with Crippen LogP contribution in [0.1, 0.15) is 27.0 Å². The summed E-state index contributed by atoms with van der Waals surface area (Å²) in [7, 11) is -4.20. The van der Waals surface area contributed by atoms with Gasteiger partial charge in [0.15, 0.2) is 29.2 Å². The van der Waals surface area contributed by atoms with E-state index >= 15 is 8.78 Å². The molecule has 0 spiro atoms. The second-order valence-corrected chi connectivity index (χ2v) is 8.90. The Morgan fingerprint density at radius 3 is 2.87 bits per heavy atom. The second-order valence-electron chi connectivity index (χ2n) is 7.33. The van der Waals surface area contributed by atoms with Gasteiger partial charge < -0.3 is 15.2 Å². The Bertz CT molecular complexity index is 1020. The van der Waals surface area contributed by atoms with Gasteiger partial charge in [0.05, 0.1) is 12.4 Å². The maximum Gasteiger partial charge on any atom is 0.475 e. The zero-order valence-corrected chi connectivity index (χ0v) is 17.3. The fourth-order valence-corrected chi connectivity index (χ4v) is 5.09. The van der Waals surface area contributed by atoms with Gasteiger partial charge in [0.25, 0.3) is 11.7 Å². The maximum absolute atomic E-state index is 15.9. The highest BCUT2D eigenvalue weighted by Crippen LogP contribution is 2.63. The van der Waals surface area contributed by atoms with E-state index < -0.39 is 44.4 Å². The van der Waals surface area contributed by atoms with Gasteiger partial charge in [0.1, 0.15) is 13.5 Å². The van der Waals surface area contributed by atoms with Crippen LogP contribution < -0.4 is 10.5 Å². The molecule has 30 heavy (non-hydrogen) atoms. The third-order valence-corrected chi connectivity index (χ3v) is 6.18. The van der Waals surface area contributed by atoms with Crippen molar-refractivity contribution in [2.45, 2.75) is 50.7 Å². The highest BCUT2D eigenvalue weighted by atomic mass is 31.2. The van der Waals surface area contributed by atoms with Gasteiger partial charge in [-0.05, 0) is 20.8 Å². The molecule has 2 aromatic rings. The number of halogens is 2. The zero-order valence-electron chi connectivity index (χ0n) is 16.4. The molecule has 2 aromatic heterocycles. The number of fused-ring (bicyclic) bond motifs is 2. The highest BCUT2D eigenvalue weighted by Gasteiger charge is 2.70. The van der Waals surface area contributed by atoms with Crippen molar-refractivity contribution in [2.24, 2.45) is 0 Å². The number of rotatable bonds is 5. The van der Waals surface area contributed by atoms with Crippen molar-refractivity contribution in [1.29, 1.82) is 0 Å². The molecule has 0 unspecified atom stereocenters. The normalized spacial score (nSPS) is 36.3. The molecule has 164 valence electrons. The van der Waals surface area contributed by atoms with Crippen LogP contribution in [0.4, 0.5) is 14.7 Å². The van der Waals surface area contributed by atoms with Gasteiger partial charge in [0, 0.05) is 0 Å². The fourth-order valence-electron chi connectivity index (χ4n) is 3.45. The molecule has 0 saturated carbocycles. The fraction of sp³-hybridized carbons (Fsp3) is 0.625. The number of nitrogen functional groups attached to an aromatic ring is 1. The Morgan fingerprint density at radius 2 is 2.20 bits per heavy atom. The molecule has 11 nitrogen and oxygen atoms in total. The van der Waals surface area contributed by atoms with E-state index in [0.29, 0.717) is 0 Å². The van der Waals surface area contributed by atoms with Crippen LogP contribution in [0.25, 0.3) is 11.2 Å². The van der Waals surface area contributed by atoms with Crippen molar-refractivity contribution in [3.63, 3.8) is 0 Å². The first kappa shape index (κ1) is 21.2. The quantitative estimate of drug-likeness (QED) is 0.537. The third-order valence-electron chi connectivity index (χ3n) is 4.59. The van der Waals surface area contributed by atoms with Crippen molar-refractivity contribution in [3.8, 4) is 5.88 Å². The van der Waals surface area contributed by atoms with E-state index in [1.807, 2.05) is 0 Å². The molecule has 2 saturated heterocycles. The number of aromatic nitrogens is 4. The van der Waals surface area contributed by atoms with E-state index in [4.69, 9.17) is 28.8 Å². The zero-order chi connectivity index (χ0) is 21.9. The number of phosphoric ester groups is 1. The summed E-state index contributed by atoms with van der Waals surface area (Å²) in [5, 5.41) is 0. The molecule has 0 bridgehead atoms. The molecular weight excluding hydrogens is 427 g/mol. The minimum atomic E-state index is -4.20. The molecule has 2 aliphatic rings. The number of anilines is 1.